The fourth-order valence-corrected chi connectivity index (χ4v) is 3.86. The number of aromatic nitrogens is 1. The van der Waals surface area contributed by atoms with Crippen LogP contribution in [0.4, 0.5) is 0 Å². The molecule has 0 aliphatic carbocycles. The van der Waals surface area contributed by atoms with E-state index in [0.717, 1.165) is 19.4 Å². The number of nitrogens with one attached hydrogen (secondary N) is 1. The van der Waals surface area contributed by atoms with Gasteiger partial charge in [0.15, 0.2) is 0 Å². The highest BCUT2D eigenvalue weighted by Gasteiger charge is 2.20. The highest BCUT2D eigenvalue weighted by Crippen LogP contribution is 2.31. The summed E-state index contributed by atoms with van der Waals surface area (Å²) in [5.74, 6) is 0.587. The highest BCUT2D eigenvalue weighted by molar-refractivity contribution is 5.84. The molecule has 0 unspecified atom stereocenters. The molecule has 1 aliphatic heterocycles. The van der Waals surface area contributed by atoms with Crippen LogP contribution in [-0.4, -0.2) is 30.0 Å². The van der Waals surface area contributed by atoms with Crippen molar-refractivity contribution in [3.05, 3.63) is 71.4 Å². The van der Waals surface area contributed by atoms with Gasteiger partial charge < -0.3 is 9.88 Å². The number of rotatable bonds is 1. The largest absolute Gasteiger partial charge is 0.358 e. The summed E-state index contributed by atoms with van der Waals surface area (Å²) >= 11 is 0. The van der Waals surface area contributed by atoms with Crippen LogP contribution in [0, 0.1) is 0 Å². The van der Waals surface area contributed by atoms with E-state index in [1.807, 2.05) is 0 Å². The Labute approximate surface area is 138 Å². The second-order valence-electron chi connectivity index (χ2n) is 6.78. The molecule has 0 saturated heterocycles. The van der Waals surface area contributed by atoms with Crippen LogP contribution in [0.1, 0.15) is 29.2 Å². The van der Waals surface area contributed by atoms with E-state index in [4.69, 9.17) is 0 Å². The Kier molecular flexibility index (Phi) is 3.92. The van der Waals surface area contributed by atoms with Crippen LogP contribution in [0.2, 0.25) is 0 Å². The first-order valence-corrected chi connectivity index (χ1v) is 8.63. The van der Waals surface area contributed by atoms with Gasteiger partial charge in [0.25, 0.3) is 0 Å². The van der Waals surface area contributed by atoms with E-state index in [-0.39, 0.29) is 0 Å². The minimum absolute atomic E-state index is 0.587. The fraction of sp³-hybridized carbons (Fsp3) is 0.333. The lowest BCUT2D eigenvalue weighted by atomic mass is 9.90. The molecule has 2 heteroatoms. The molecule has 0 bridgehead atoms. The molecule has 1 atom stereocenters. The summed E-state index contributed by atoms with van der Waals surface area (Å²) in [5, 5.41) is 1.41. The third-order valence-electron chi connectivity index (χ3n) is 5.23. The first-order valence-electron chi connectivity index (χ1n) is 8.63. The molecular formula is C21H24N2. The molecule has 2 nitrogen and oxygen atoms in total. The molecule has 4 rings (SSSR count). The number of nitrogens with zero attached hydrogens (tertiary/aromatic N) is 1. The minimum atomic E-state index is 0.587. The zero-order valence-corrected chi connectivity index (χ0v) is 13.8. The monoisotopic (exact) mass is 304 g/mol. The average molecular weight is 304 g/mol. The van der Waals surface area contributed by atoms with E-state index in [1.54, 1.807) is 0 Å². The van der Waals surface area contributed by atoms with Gasteiger partial charge in [-0.3, -0.25) is 0 Å². The van der Waals surface area contributed by atoms with Crippen LogP contribution in [0.5, 0.6) is 0 Å². The molecule has 0 radical (unpaired) electrons. The third-order valence-corrected chi connectivity index (χ3v) is 5.23. The Balaban J connectivity index is 1.77. The summed E-state index contributed by atoms with van der Waals surface area (Å²) < 4.78 is 0. The first-order chi connectivity index (χ1) is 11.3. The second-order valence-corrected chi connectivity index (χ2v) is 6.78. The Morgan fingerprint density at radius 2 is 1.74 bits per heavy atom. The van der Waals surface area contributed by atoms with Crippen molar-refractivity contribution in [1.29, 1.82) is 0 Å². The van der Waals surface area contributed by atoms with E-state index in [2.05, 4.69) is 71.5 Å². The van der Waals surface area contributed by atoms with Gasteiger partial charge in [-0.2, -0.15) is 0 Å². The fourth-order valence-electron chi connectivity index (χ4n) is 3.86. The summed E-state index contributed by atoms with van der Waals surface area (Å²) in [6.07, 6.45) is 3.47. The van der Waals surface area contributed by atoms with Gasteiger partial charge >= 0.3 is 0 Å². The molecule has 1 aliphatic rings. The van der Waals surface area contributed by atoms with E-state index < -0.39 is 0 Å². The van der Waals surface area contributed by atoms with Crippen LogP contribution >= 0.6 is 0 Å². The number of H-pyrrole nitrogens is 1. The predicted molar refractivity (Wildman–Crippen MR) is 97.0 cm³/mol. The van der Waals surface area contributed by atoms with Crippen LogP contribution < -0.4 is 0 Å². The third kappa shape index (κ3) is 2.91. The van der Waals surface area contributed by atoms with Gasteiger partial charge in [0.1, 0.15) is 0 Å². The average Bonchev–Trinajstić information content (AvgIpc) is 2.96. The Morgan fingerprint density at radius 1 is 0.957 bits per heavy atom. The molecule has 118 valence electrons. The Morgan fingerprint density at radius 3 is 2.61 bits per heavy atom. The van der Waals surface area contributed by atoms with Crippen molar-refractivity contribution < 1.29 is 0 Å². The number of fused-ring (bicyclic) bond motifs is 3. The molecule has 2 heterocycles. The van der Waals surface area contributed by atoms with Gasteiger partial charge in [0.05, 0.1) is 0 Å². The van der Waals surface area contributed by atoms with E-state index in [9.17, 15) is 0 Å². The van der Waals surface area contributed by atoms with Crippen LogP contribution in [0.15, 0.2) is 54.6 Å². The lowest BCUT2D eigenvalue weighted by Crippen LogP contribution is -2.23. The quantitative estimate of drug-likeness (QED) is 0.707. The molecular weight excluding hydrogens is 280 g/mol. The molecule has 1 N–H and O–H groups in total. The second kappa shape index (κ2) is 6.21. The van der Waals surface area contributed by atoms with Crippen molar-refractivity contribution in [2.45, 2.75) is 25.2 Å². The predicted octanol–water partition coefficient (Wildman–Crippen LogP) is 4.37. The molecule has 1 aromatic heterocycles. The number of para-hydroxylation sites is 1. The lowest BCUT2D eigenvalue weighted by Gasteiger charge is -2.20. The summed E-state index contributed by atoms with van der Waals surface area (Å²) in [7, 11) is 2.25. The van der Waals surface area contributed by atoms with E-state index in [0.29, 0.717) is 5.92 Å². The van der Waals surface area contributed by atoms with Gasteiger partial charge in [-0.1, -0.05) is 48.5 Å². The zero-order valence-electron chi connectivity index (χ0n) is 13.8. The number of hydrogen-bond donors (Lipinski definition) is 1. The number of hydrogen-bond acceptors (Lipinski definition) is 1. The van der Waals surface area contributed by atoms with Gasteiger partial charge in [-0.25, -0.2) is 0 Å². The highest BCUT2D eigenvalue weighted by atomic mass is 15.1. The standard InChI is InChI=1S/C21H24N2/c1-23-13-11-17(16-7-3-2-4-8-16)15-21-19(12-14-23)18-9-5-6-10-20(18)22-21/h2-10,17,22H,11-15H2,1H3/t17-/m0/s1. The van der Waals surface area contributed by atoms with Gasteiger partial charge in [-0.15, -0.1) is 0 Å². The Hall–Kier alpha value is -2.06. The molecule has 23 heavy (non-hydrogen) atoms. The summed E-state index contributed by atoms with van der Waals surface area (Å²) in [6, 6.07) is 19.8. The maximum atomic E-state index is 3.71. The van der Waals surface area contributed by atoms with Gasteiger partial charge in [-0.05, 0) is 56.0 Å². The van der Waals surface area contributed by atoms with E-state index >= 15 is 0 Å². The lowest BCUT2D eigenvalue weighted by molar-refractivity contribution is 0.325. The van der Waals surface area contributed by atoms with Crippen molar-refractivity contribution in [2.75, 3.05) is 20.1 Å². The molecule has 2 aromatic carbocycles. The molecule has 0 amide bonds. The van der Waals surface area contributed by atoms with Crippen molar-refractivity contribution in [3.8, 4) is 0 Å². The van der Waals surface area contributed by atoms with Crippen LogP contribution in [-0.2, 0) is 12.8 Å². The van der Waals surface area contributed by atoms with Gasteiger partial charge in [0, 0.05) is 23.1 Å². The van der Waals surface area contributed by atoms with Crippen molar-refractivity contribution >= 4 is 10.9 Å². The van der Waals surface area contributed by atoms with Crippen LogP contribution in [0.25, 0.3) is 10.9 Å². The van der Waals surface area contributed by atoms with Crippen LogP contribution in [0.3, 0.4) is 0 Å². The van der Waals surface area contributed by atoms with Crippen molar-refractivity contribution in [2.24, 2.45) is 0 Å². The summed E-state index contributed by atoms with van der Waals surface area (Å²) in [4.78, 5) is 6.19. The molecule has 0 saturated carbocycles. The Bertz CT molecular complexity index is 788. The first kappa shape index (κ1) is 14.5. The minimum Gasteiger partial charge on any atom is -0.358 e. The molecule has 0 spiro atoms. The zero-order chi connectivity index (χ0) is 15.6. The topological polar surface area (TPSA) is 19.0 Å². The summed E-state index contributed by atoms with van der Waals surface area (Å²) in [5.41, 5.74) is 5.71. The molecule has 0 fully saturated rings. The van der Waals surface area contributed by atoms with E-state index in [1.165, 1.54) is 40.7 Å². The number of benzene rings is 2. The van der Waals surface area contributed by atoms with Crippen molar-refractivity contribution in [3.63, 3.8) is 0 Å². The normalized spacial score (nSPS) is 19.8. The number of aromatic amines is 1. The SMILES string of the molecule is CN1CCc2c([nH]c3ccccc23)C[C@@H](c2ccccc2)CC1. The van der Waals surface area contributed by atoms with Gasteiger partial charge in [0.2, 0.25) is 0 Å². The number of likely N-dealkylation sites (N-methyl/N-ethyl adjacent to an activating group) is 1. The van der Waals surface area contributed by atoms with Crippen molar-refractivity contribution in [1.82, 2.24) is 9.88 Å². The maximum absolute atomic E-state index is 3.71. The molecule has 3 aromatic rings. The smallest absolute Gasteiger partial charge is 0.0458 e. The summed E-state index contributed by atoms with van der Waals surface area (Å²) in [6.45, 7) is 2.30. The maximum Gasteiger partial charge on any atom is 0.0458 e.